The first-order valence-electron chi connectivity index (χ1n) is 9.73. The molecule has 0 spiro atoms. The van der Waals surface area contributed by atoms with E-state index in [9.17, 15) is 4.79 Å². The number of aromatic nitrogens is 2. The summed E-state index contributed by atoms with van der Waals surface area (Å²) in [7, 11) is 0. The van der Waals surface area contributed by atoms with Gasteiger partial charge in [0.05, 0.1) is 17.0 Å². The number of allylic oxidation sites excluding steroid dienone is 2. The van der Waals surface area contributed by atoms with E-state index >= 15 is 0 Å². The molecule has 1 atom stereocenters. The van der Waals surface area contributed by atoms with Crippen molar-refractivity contribution in [2.24, 2.45) is 0 Å². The first kappa shape index (κ1) is 17.8. The predicted molar refractivity (Wildman–Crippen MR) is 107 cm³/mol. The SMILES string of the molecule is O=c1c2ccccc2nc(SCC2CCCO2)n1CCC1=CCCCC1. The molecular formula is C21H26N2O2S. The second-order valence-corrected chi connectivity index (χ2v) is 8.16. The molecule has 1 aromatic carbocycles. The quantitative estimate of drug-likeness (QED) is 0.425. The van der Waals surface area contributed by atoms with E-state index in [-0.39, 0.29) is 11.7 Å². The van der Waals surface area contributed by atoms with Crippen molar-refractivity contribution in [3.05, 3.63) is 46.3 Å². The van der Waals surface area contributed by atoms with Crippen molar-refractivity contribution in [3.8, 4) is 0 Å². The van der Waals surface area contributed by atoms with Crippen molar-refractivity contribution < 1.29 is 4.74 Å². The Morgan fingerprint density at radius 1 is 1.23 bits per heavy atom. The molecule has 1 fully saturated rings. The number of hydrogen-bond acceptors (Lipinski definition) is 4. The second-order valence-electron chi connectivity index (χ2n) is 7.17. The topological polar surface area (TPSA) is 44.1 Å². The summed E-state index contributed by atoms with van der Waals surface area (Å²) < 4.78 is 7.63. The minimum atomic E-state index is 0.0850. The Kier molecular flexibility index (Phi) is 5.75. The lowest BCUT2D eigenvalue weighted by Crippen LogP contribution is -2.24. The summed E-state index contributed by atoms with van der Waals surface area (Å²) in [5.41, 5.74) is 2.37. The van der Waals surface area contributed by atoms with Crippen molar-refractivity contribution >= 4 is 22.7 Å². The maximum Gasteiger partial charge on any atom is 0.262 e. The molecule has 138 valence electrons. The number of rotatable bonds is 6. The predicted octanol–water partition coefficient (Wildman–Crippen LogP) is 4.56. The molecule has 0 saturated carbocycles. The van der Waals surface area contributed by atoms with Crippen LogP contribution < -0.4 is 5.56 Å². The number of para-hydroxylation sites is 1. The normalized spacial score (nSPS) is 20.5. The van der Waals surface area contributed by atoms with Crippen LogP contribution in [0.4, 0.5) is 0 Å². The van der Waals surface area contributed by atoms with Gasteiger partial charge in [-0.2, -0.15) is 0 Å². The molecule has 2 aromatic rings. The third kappa shape index (κ3) is 4.04. The molecule has 26 heavy (non-hydrogen) atoms. The van der Waals surface area contributed by atoms with Crippen LogP contribution in [0.5, 0.6) is 0 Å². The van der Waals surface area contributed by atoms with E-state index in [4.69, 9.17) is 9.72 Å². The third-order valence-electron chi connectivity index (χ3n) is 5.29. The molecule has 4 rings (SSSR count). The number of thioether (sulfide) groups is 1. The molecule has 0 bridgehead atoms. The summed E-state index contributed by atoms with van der Waals surface area (Å²) in [5, 5.41) is 1.55. The standard InChI is InChI=1S/C21H26N2O2S/c24-20-18-10-4-5-11-19(18)22-21(26-15-17-9-6-14-25-17)23(20)13-12-16-7-2-1-3-8-16/h4-5,7,10-11,17H,1-3,6,8-9,12-15H2. The molecule has 2 heterocycles. The van der Waals surface area contributed by atoms with Crippen LogP contribution in [0, 0.1) is 0 Å². The summed E-state index contributed by atoms with van der Waals surface area (Å²) in [6.45, 7) is 1.58. The van der Waals surface area contributed by atoms with Crippen LogP contribution in [0.2, 0.25) is 0 Å². The van der Waals surface area contributed by atoms with E-state index in [1.54, 1.807) is 11.8 Å². The van der Waals surface area contributed by atoms with Crippen LogP contribution in [-0.2, 0) is 11.3 Å². The Labute approximate surface area is 158 Å². The fourth-order valence-corrected chi connectivity index (χ4v) is 4.88. The van der Waals surface area contributed by atoms with Gasteiger partial charge < -0.3 is 4.74 Å². The average molecular weight is 371 g/mol. The number of nitrogens with zero attached hydrogens (tertiary/aromatic N) is 2. The zero-order chi connectivity index (χ0) is 17.8. The van der Waals surface area contributed by atoms with Crippen LogP contribution in [0.3, 0.4) is 0 Å². The number of ether oxygens (including phenoxy) is 1. The second kappa shape index (κ2) is 8.40. The number of fused-ring (bicyclic) bond motifs is 1. The lowest BCUT2D eigenvalue weighted by atomic mass is 9.97. The Balaban J connectivity index is 1.60. The van der Waals surface area contributed by atoms with Crippen LogP contribution in [0.1, 0.15) is 44.9 Å². The Hall–Kier alpha value is -1.59. The zero-order valence-corrected chi connectivity index (χ0v) is 16.0. The van der Waals surface area contributed by atoms with Gasteiger partial charge >= 0.3 is 0 Å². The van der Waals surface area contributed by atoms with E-state index in [1.165, 1.54) is 31.3 Å². The van der Waals surface area contributed by atoms with Gasteiger partial charge in [0.25, 0.3) is 5.56 Å². The molecule has 0 radical (unpaired) electrons. The smallest absolute Gasteiger partial charge is 0.262 e. The fraction of sp³-hybridized carbons (Fsp3) is 0.524. The van der Waals surface area contributed by atoms with Gasteiger partial charge in [-0.15, -0.1) is 0 Å². The maximum absolute atomic E-state index is 13.1. The van der Waals surface area contributed by atoms with Gasteiger partial charge in [0.15, 0.2) is 5.16 Å². The summed E-state index contributed by atoms with van der Waals surface area (Å²) in [6, 6.07) is 7.68. The van der Waals surface area contributed by atoms with Crippen molar-refractivity contribution in [3.63, 3.8) is 0 Å². The number of hydrogen-bond donors (Lipinski definition) is 0. The van der Waals surface area contributed by atoms with Gasteiger partial charge in [-0.05, 0) is 57.1 Å². The van der Waals surface area contributed by atoms with Crippen molar-refractivity contribution in [2.45, 2.75) is 62.8 Å². The minimum Gasteiger partial charge on any atom is -0.377 e. The highest BCUT2D eigenvalue weighted by molar-refractivity contribution is 7.99. The monoisotopic (exact) mass is 370 g/mol. The maximum atomic E-state index is 13.1. The lowest BCUT2D eigenvalue weighted by Gasteiger charge is -2.17. The first-order valence-corrected chi connectivity index (χ1v) is 10.7. The highest BCUT2D eigenvalue weighted by Gasteiger charge is 2.18. The van der Waals surface area contributed by atoms with Gasteiger partial charge in [-0.1, -0.05) is 35.5 Å². The molecule has 0 amide bonds. The molecule has 2 aliphatic rings. The molecule has 1 aromatic heterocycles. The number of benzene rings is 1. The molecule has 1 aliphatic carbocycles. The molecule has 1 unspecified atom stereocenters. The molecule has 1 saturated heterocycles. The third-order valence-corrected chi connectivity index (χ3v) is 6.40. The first-order chi connectivity index (χ1) is 12.8. The van der Waals surface area contributed by atoms with E-state index in [0.29, 0.717) is 5.39 Å². The largest absolute Gasteiger partial charge is 0.377 e. The van der Waals surface area contributed by atoms with Gasteiger partial charge in [-0.25, -0.2) is 4.98 Å². The Morgan fingerprint density at radius 2 is 2.15 bits per heavy atom. The van der Waals surface area contributed by atoms with Crippen LogP contribution in [0.25, 0.3) is 10.9 Å². The van der Waals surface area contributed by atoms with Gasteiger partial charge in [0.2, 0.25) is 0 Å². The van der Waals surface area contributed by atoms with E-state index in [1.807, 2.05) is 28.8 Å². The Bertz CT molecular complexity index is 853. The van der Waals surface area contributed by atoms with Gasteiger partial charge in [0, 0.05) is 18.9 Å². The molecule has 4 nitrogen and oxygen atoms in total. The van der Waals surface area contributed by atoms with E-state index < -0.39 is 0 Å². The van der Waals surface area contributed by atoms with Crippen LogP contribution in [-0.4, -0.2) is 28.0 Å². The summed E-state index contributed by atoms with van der Waals surface area (Å²) in [5.74, 6) is 0.869. The molecule has 5 heteroatoms. The summed E-state index contributed by atoms with van der Waals surface area (Å²) in [4.78, 5) is 17.9. The highest BCUT2D eigenvalue weighted by Crippen LogP contribution is 2.25. The summed E-state index contributed by atoms with van der Waals surface area (Å²) in [6.07, 6.45) is 10.8. The van der Waals surface area contributed by atoms with E-state index in [0.717, 1.165) is 48.8 Å². The average Bonchev–Trinajstić information content (AvgIpc) is 3.20. The van der Waals surface area contributed by atoms with Gasteiger partial charge in [-0.3, -0.25) is 9.36 Å². The van der Waals surface area contributed by atoms with Crippen molar-refractivity contribution in [1.29, 1.82) is 0 Å². The molecular weight excluding hydrogens is 344 g/mol. The highest BCUT2D eigenvalue weighted by atomic mass is 32.2. The summed E-state index contributed by atoms with van der Waals surface area (Å²) >= 11 is 1.67. The zero-order valence-electron chi connectivity index (χ0n) is 15.2. The lowest BCUT2D eigenvalue weighted by molar-refractivity contribution is 0.129. The van der Waals surface area contributed by atoms with E-state index in [2.05, 4.69) is 6.08 Å². The van der Waals surface area contributed by atoms with Crippen LogP contribution in [0.15, 0.2) is 45.9 Å². The fourth-order valence-electron chi connectivity index (χ4n) is 3.79. The van der Waals surface area contributed by atoms with Crippen LogP contribution >= 0.6 is 11.8 Å². The van der Waals surface area contributed by atoms with Crippen molar-refractivity contribution in [1.82, 2.24) is 9.55 Å². The molecule has 0 N–H and O–H groups in total. The Morgan fingerprint density at radius 3 is 2.96 bits per heavy atom. The minimum absolute atomic E-state index is 0.0850. The van der Waals surface area contributed by atoms with Crippen molar-refractivity contribution in [2.75, 3.05) is 12.4 Å². The molecule has 1 aliphatic heterocycles. The van der Waals surface area contributed by atoms with Gasteiger partial charge in [0.1, 0.15) is 0 Å².